The summed E-state index contributed by atoms with van der Waals surface area (Å²) in [6.07, 6.45) is 3.30. The largest absolute Gasteiger partial charge is 0.356 e. The van der Waals surface area contributed by atoms with Crippen LogP contribution in [0.15, 0.2) is 0 Å². The van der Waals surface area contributed by atoms with Gasteiger partial charge in [0.25, 0.3) is 0 Å². The van der Waals surface area contributed by atoms with Crippen molar-refractivity contribution in [1.29, 1.82) is 0 Å². The van der Waals surface area contributed by atoms with Gasteiger partial charge in [-0.05, 0) is 32.2 Å². The molecular weight excluding hydrogens is 152 g/mol. The van der Waals surface area contributed by atoms with E-state index in [1.54, 1.807) is 0 Å². The Balaban J connectivity index is 2.43. The molecule has 1 aliphatic rings. The second-order valence-electron chi connectivity index (χ2n) is 3.43. The maximum absolute atomic E-state index is 11.4. The van der Waals surface area contributed by atoms with Gasteiger partial charge in [0.05, 0.1) is 0 Å². The molecule has 2 unspecified atom stereocenters. The normalized spacial score (nSPS) is 28.8. The molecule has 0 aromatic heterocycles. The predicted molar refractivity (Wildman–Crippen MR) is 48.6 cm³/mol. The Labute approximate surface area is 73.7 Å². The van der Waals surface area contributed by atoms with E-state index >= 15 is 0 Å². The van der Waals surface area contributed by atoms with Crippen molar-refractivity contribution in [3.63, 3.8) is 0 Å². The molecule has 0 radical (unpaired) electrons. The average molecular weight is 170 g/mol. The molecule has 1 rings (SSSR count). The lowest BCUT2D eigenvalue weighted by Gasteiger charge is -2.16. The monoisotopic (exact) mass is 170 g/mol. The Bertz CT molecular complexity index is 159. The SMILES string of the molecule is CCNC(=O)C1CCCC1CN. The number of carbonyl (C=O) groups is 1. The van der Waals surface area contributed by atoms with E-state index < -0.39 is 0 Å². The van der Waals surface area contributed by atoms with Crippen molar-refractivity contribution in [3.05, 3.63) is 0 Å². The van der Waals surface area contributed by atoms with Gasteiger partial charge in [0, 0.05) is 12.5 Å². The third kappa shape index (κ3) is 1.97. The second-order valence-corrected chi connectivity index (χ2v) is 3.43. The van der Waals surface area contributed by atoms with Gasteiger partial charge < -0.3 is 11.1 Å². The Morgan fingerprint density at radius 3 is 2.92 bits per heavy atom. The van der Waals surface area contributed by atoms with E-state index in [1.807, 2.05) is 6.92 Å². The van der Waals surface area contributed by atoms with Crippen LogP contribution in [0.4, 0.5) is 0 Å². The number of hydrogen-bond donors (Lipinski definition) is 2. The van der Waals surface area contributed by atoms with Gasteiger partial charge in [0.2, 0.25) is 5.91 Å². The first kappa shape index (κ1) is 9.52. The Morgan fingerprint density at radius 1 is 1.58 bits per heavy atom. The van der Waals surface area contributed by atoms with Crippen LogP contribution in [0.1, 0.15) is 26.2 Å². The smallest absolute Gasteiger partial charge is 0.223 e. The number of nitrogens with one attached hydrogen (secondary N) is 1. The Kier molecular flexibility index (Phi) is 3.53. The lowest BCUT2D eigenvalue weighted by atomic mass is 9.95. The molecule has 2 atom stereocenters. The number of rotatable bonds is 3. The molecule has 3 heteroatoms. The van der Waals surface area contributed by atoms with Crippen LogP contribution in [0.25, 0.3) is 0 Å². The summed E-state index contributed by atoms with van der Waals surface area (Å²) < 4.78 is 0. The zero-order valence-corrected chi connectivity index (χ0v) is 7.68. The van der Waals surface area contributed by atoms with Crippen LogP contribution in [0.5, 0.6) is 0 Å². The van der Waals surface area contributed by atoms with Gasteiger partial charge in [0.15, 0.2) is 0 Å². The summed E-state index contributed by atoms with van der Waals surface area (Å²) in [6, 6.07) is 0. The average Bonchev–Trinajstić information content (AvgIpc) is 2.51. The van der Waals surface area contributed by atoms with Crippen LogP contribution in [0, 0.1) is 11.8 Å². The minimum Gasteiger partial charge on any atom is -0.356 e. The highest BCUT2D eigenvalue weighted by Crippen LogP contribution is 2.30. The minimum absolute atomic E-state index is 0.190. The maximum Gasteiger partial charge on any atom is 0.223 e. The molecule has 0 aromatic carbocycles. The van der Waals surface area contributed by atoms with Crippen LogP contribution < -0.4 is 11.1 Å². The Hall–Kier alpha value is -0.570. The molecule has 1 fully saturated rings. The fourth-order valence-corrected chi connectivity index (χ4v) is 1.97. The zero-order chi connectivity index (χ0) is 8.97. The molecule has 1 amide bonds. The van der Waals surface area contributed by atoms with Crippen molar-refractivity contribution >= 4 is 5.91 Å². The van der Waals surface area contributed by atoms with Crippen molar-refractivity contribution < 1.29 is 4.79 Å². The number of hydrogen-bond acceptors (Lipinski definition) is 2. The van der Waals surface area contributed by atoms with E-state index in [2.05, 4.69) is 5.32 Å². The van der Waals surface area contributed by atoms with Crippen LogP contribution in [-0.2, 0) is 4.79 Å². The molecule has 0 heterocycles. The molecule has 0 saturated heterocycles. The molecule has 1 saturated carbocycles. The molecule has 3 nitrogen and oxygen atoms in total. The second kappa shape index (κ2) is 4.45. The lowest BCUT2D eigenvalue weighted by Crippen LogP contribution is -2.34. The van der Waals surface area contributed by atoms with E-state index in [0.717, 1.165) is 25.8 Å². The summed E-state index contributed by atoms with van der Waals surface area (Å²) in [7, 11) is 0. The van der Waals surface area contributed by atoms with Gasteiger partial charge in [0.1, 0.15) is 0 Å². The van der Waals surface area contributed by atoms with E-state index in [1.165, 1.54) is 0 Å². The zero-order valence-electron chi connectivity index (χ0n) is 7.68. The summed E-state index contributed by atoms with van der Waals surface area (Å²) in [4.78, 5) is 11.4. The molecule has 3 N–H and O–H groups in total. The molecular formula is C9H18N2O. The third-order valence-corrected chi connectivity index (χ3v) is 2.65. The van der Waals surface area contributed by atoms with E-state index in [-0.39, 0.29) is 11.8 Å². The minimum atomic E-state index is 0.190. The van der Waals surface area contributed by atoms with Gasteiger partial charge in [-0.1, -0.05) is 6.42 Å². The van der Waals surface area contributed by atoms with Crippen LogP contribution in [-0.4, -0.2) is 19.0 Å². The molecule has 0 spiro atoms. The summed E-state index contributed by atoms with van der Waals surface area (Å²) in [5, 5.41) is 2.86. The fourth-order valence-electron chi connectivity index (χ4n) is 1.97. The summed E-state index contributed by atoms with van der Waals surface area (Å²) in [5.41, 5.74) is 5.58. The van der Waals surface area contributed by atoms with Crippen molar-refractivity contribution in [3.8, 4) is 0 Å². The Morgan fingerprint density at radius 2 is 2.33 bits per heavy atom. The highest BCUT2D eigenvalue weighted by Gasteiger charge is 2.31. The highest BCUT2D eigenvalue weighted by molar-refractivity contribution is 5.79. The highest BCUT2D eigenvalue weighted by atomic mass is 16.1. The van der Waals surface area contributed by atoms with Crippen molar-refractivity contribution in [1.82, 2.24) is 5.32 Å². The number of nitrogens with two attached hydrogens (primary N) is 1. The maximum atomic E-state index is 11.4. The number of carbonyl (C=O) groups excluding carboxylic acids is 1. The van der Waals surface area contributed by atoms with Crippen LogP contribution in [0.3, 0.4) is 0 Å². The predicted octanol–water partition coefficient (Wildman–Crippen LogP) is 0.497. The molecule has 70 valence electrons. The first-order valence-corrected chi connectivity index (χ1v) is 4.77. The molecule has 0 aliphatic heterocycles. The first-order valence-electron chi connectivity index (χ1n) is 4.77. The third-order valence-electron chi connectivity index (χ3n) is 2.65. The summed E-state index contributed by atoms with van der Waals surface area (Å²) >= 11 is 0. The summed E-state index contributed by atoms with van der Waals surface area (Å²) in [6.45, 7) is 3.33. The quantitative estimate of drug-likeness (QED) is 0.648. The van der Waals surface area contributed by atoms with E-state index in [4.69, 9.17) is 5.73 Å². The van der Waals surface area contributed by atoms with E-state index in [0.29, 0.717) is 12.5 Å². The lowest BCUT2D eigenvalue weighted by molar-refractivity contribution is -0.125. The summed E-state index contributed by atoms with van der Waals surface area (Å²) in [5.74, 6) is 0.817. The standard InChI is InChI=1S/C9H18N2O/c1-2-11-9(12)8-5-3-4-7(8)6-10/h7-8H,2-6,10H2,1H3,(H,11,12). The topological polar surface area (TPSA) is 55.1 Å². The van der Waals surface area contributed by atoms with Crippen molar-refractivity contribution in [2.24, 2.45) is 17.6 Å². The van der Waals surface area contributed by atoms with Gasteiger partial charge >= 0.3 is 0 Å². The fraction of sp³-hybridized carbons (Fsp3) is 0.889. The first-order chi connectivity index (χ1) is 5.79. The van der Waals surface area contributed by atoms with Gasteiger partial charge in [-0.15, -0.1) is 0 Å². The molecule has 0 aromatic rings. The van der Waals surface area contributed by atoms with Crippen LogP contribution >= 0.6 is 0 Å². The molecule has 0 bridgehead atoms. The number of amides is 1. The van der Waals surface area contributed by atoms with Gasteiger partial charge in [-0.3, -0.25) is 4.79 Å². The van der Waals surface area contributed by atoms with Gasteiger partial charge in [-0.2, -0.15) is 0 Å². The van der Waals surface area contributed by atoms with Crippen LogP contribution in [0.2, 0.25) is 0 Å². The van der Waals surface area contributed by atoms with Crippen molar-refractivity contribution in [2.75, 3.05) is 13.1 Å². The molecule has 1 aliphatic carbocycles. The van der Waals surface area contributed by atoms with Crippen molar-refractivity contribution in [2.45, 2.75) is 26.2 Å². The molecule has 12 heavy (non-hydrogen) atoms. The van der Waals surface area contributed by atoms with E-state index in [9.17, 15) is 4.79 Å². The van der Waals surface area contributed by atoms with Gasteiger partial charge in [-0.25, -0.2) is 0 Å².